The lowest BCUT2D eigenvalue weighted by atomic mass is 9.75. The van der Waals surface area contributed by atoms with E-state index in [0.717, 1.165) is 23.7 Å². The zero-order valence-corrected chi connectivity index (χ0v) is 13.6. The third kappa shape index (κ3) is 2.82. The van der Waals surface area contributed by atoms with Gasteiger partial charge in [0.1, 0.15) is 0 Å². The van der Waals surface area contributed by atoms with Crippen molar-refractivity contribution in [3.05, 3.63) is 20.8 Å². The van der Waals surface area contributed by atoms with E-state index in [4.69, 9.17) is 0 Å². The highest BCUT2D eigenvalue weighted by molar-refractivity contribution is 9.10. The molecule has 1 N–H and O–H groups in total. The number of aliphatic hydroxyl groups is 1. The van der Waals surface area contributed by atoms with Gasteiger partial charge < -0.3 is 10.0 Å². The van der Waals surface area contributed by atoms with Crippen LogP contribution in [0.15, 0.2) is 15.9 Å². The Hall–Kier alpha value is 0.100. The lowest BCUT2D eigenvalue weighted by Crippen LogP contribution is -2.55. The molecule has 0 bridgehead atoms. The fourth-order valence-electron chi connectivity index (χ4n) is 3.08. The third-order valence-electron chi connectivity index (χ3n) is 4.30. The molecular formula is C14H22BrNOS. The molecule has 1 heterocycles. The normalized spacial score (nSPS) is 21.2. The van der Waals surface area contributed by atoms with E-state index >= 15 is 0 Å². The van der Waals surface area contributed by atoms with Gasteiger partial charge in [0, 0.05) is 21.3 Å². The molecule has 1 aromatic heterocycles. The molecule has 0 spiro atoms. The summed E-state index contributed by atoms with van der Waals surface area (Å²) in [6.45, 7) is 0. The molecule has 1 aromatic rings. The Labute approximate surface area is 122 Å². The molecule has 0 amide bonds. The Balaban J connectivity index is 2.13. The highest BCUT2D eigenvalue weighted by Gasteiger charge is 2.41. The molecule has 18 heavy (non-hydrogen) atoms. The lowest BCUT2D eigenvalue weighted by molar-refractivity contribution is -0.0307. The van der Waals surface area contributed by atoms with Gasteiger partial charge in [-0.25, -0.2) is 0 Å². The first-order valence-electron chi connectivity index (χ1n) is 6.63. The van der Waals surface area contributed by atoms with Gasteiger partial charge in [0.15, 0.2) is 0 Å². The fraction of sp³-hybridized carbons (Fsp3) is 0.714. The number of rotatable bonds is 4. The largest absolute Gasteiger partial charge is 0.391 e. The van der Waals surface area contributed by atoms with Crippen molar-refractivity contribution >= 4 is 27.3 Å². The van der Waals surface area contributed by atoms with E-state index in [9.17, 15) is 5.11 Å². The van der Waals surface area contributed by atoms with Crippen LogP contribution in [0.1, 0.15) is 37.0 Å². The Bertz CT molecular complexity index is 385. The van der Waals surface area contributed by atoms with Crippen molar-refractivity contribution in [1.82, 2.24) is 4.90 Å². The molecule has 1 atom stereocenters. The molecule has 1 unspecified atom stereocenters. The molecule has 1 fully saturated rings. The summed E-state index contributed by atoms with van der Waals surface area (Å²) in [5, 5.41) is 12.8. The van der Waals surface area contributed by atoms with E-state index in [1.54, 1.807) is 11.3 Å². The van der Waals surface area contributed by atoms with Crippen molar-refractivity contribution in [2.75, 3.05) is 14.1 Å². The lowest BCUT2D eigenvalue weighted by Gasteiger charge is -2.46. The number of thiophene rings is 1. The average molecular weight is 332 g/mol. The maximum Gasteiger partial charge on any atom is 0.0772 e. The van der Waals surface area contributed by atoms with Crippen LogP contribution in [0.5, 0.6) is 0 Å². The summed E-state index contributed by atoms with van der Waals surface area (Å²) in [5.41, 5.74) is -0.0261. The van der Waals surface area contributed by atoms with Crippen molar-refractivity contribution in [2.45, 2.75) is 50.2 Å². The molecular weight excluding hydrogens is 310 g/mol. The number of likely N-dealkylation sites (N-methyl/N-ethyl adjacent to an activating group) is 1. The molecule has 2 nitrogen and oxygen atoms in total. The molecule has 1 aliphatic rings. The van der Waals surface area contributed by atoms with Gasteiger partial charge in [0.2, 0.25) is 0 Å². The number of hydrogen-bond donors (Lipinski definition) is 1. The summed E-state index contributed by atoms with van der Waals surface area (Å²) in [5.74, 6) is 0. The molecule has 2 rings (SSSR count). The molecule has 1 saturated carbocycles. The Morgan fingerprint density at radius 3 is 2.56 bits per heavy atom. The predicted octanol–water partition coefficient (Wildman–Crippen LogP) is 3.68. The van der Waals surface area contributed by atoms with Gasteiger partial charge in [-0.05, 0) is 54.3 Å². The minimum atomic E-state index is -0.275. The molecule has 0 aliphatic heterocycles. The van der Waals surface area contributed by atoms with Gasteiger partial charge >= 0.3 is 0 Å². The maximum atomic E-state index is 10.7. The molecule has 1 aliphatic carbocycles. The predicted molar refractivity (Wildman–Crippen MR) is 81.2 cm³/mol. The van der Waals surface area contributed by atoms with Crippen molar-refractivity contribution in [3.8, 4) is 0 Å². The van der Waals surface area contributed by atoms with Crippen molar-refractivity contribution in [1.29, 1.82) is 0 Å². The number of halogens is 1. The fourth-order valence-corrected chi connectivity index (χ4v) is 4.63. The summed E-state index contributed by atoms with van der Waals surface area (Å²) < 4.78 is 1.14. The van der Waals surface area contributed by atoms with E-state index in [-0.39, 0.29) is 11.6 Å². The highest BCUT2D eigenvalue weighted by atomic mass is 79.9. The second kappa shape index (κ2) is 6.04. The van der Waals surface area contributed by atoms with Crippen LogP contribution in [0.2, 0.25) is 0 Å². The van der Waals surface area contributed by atoms with Crippen LogP contribution in [0.3, 0.4) is 0 Å². The van der Waals surface area contributed by atoms with Crippen LogP contribution in [-0.2, 0) is 6.42 Å². The smallest absolute Gasteiger partial charge is 0.0772 e. The van der Waals surface area contributed by atoms with Crippen LogP contribution in [0.25, 0.3) is 0 Å². The number of nitrogens with zero attached hydrogens (tertiary/aromatic N) is 1. The van der Waals surface area contributed by atoms with Gasteiger partial charge in [0.05, 0.1) is 6.10 Å². The van der Waals surface area contributed by atoms with Gasteiger partial charge in [-0.15, -0.1) is 11.3 Å². The van der Waals surface area contributed by atoms with Crippen LogP contribution >= 0.6 is 27.3 Å². The number of aliphatic hydroxyl groups excluding tert-OH is 1. The standard InChI is InChI=1S/C14H22BrNOS/c1-16(2)14(7-4-3-5-8-14)13(17)10-12-11(15)6-9-18-12/h6,9,13,17H,3-5,7-8,10H2,1-2H3. The van der Waals surface area contributed by atoms with Gasteiger partial charge in [-0.3, -0.25) is 0 Å². The van der Waals surface area contributed by atoms with Crippen molar-refractivity contribution < 1.29 is 5.11 Å². The van der Waals surface area contributed by atoms with Gasteiger partial charge in [0.25, 0.3) is 0 Å². The first-order chi connectivity index (χ1) is 8.56. The zero-order chi connectivity index (χ0) is 13.2. The second-order valence-electron chi connectivity index (χ2n) is 5.47. The molecule has 0 saturated heterocycles. The Morgan fingerprint density at radius 2 is 2.06 bits per heavy atom. The maximum absolute atomic E-state index is 10.7. The summed E-state index contributed by atoms with van der Waals surface area (Å²) in [7, 11) is 4.22. The van der Waals surface area contributed by atoms with Crippen LogP contribution in [0.4, 0.5) is 0 Å². The quantitative estimate of drug-likeness (QED) is 0.909. The van der Waals surface area contributed by atoms with E-state index < -0.39 is 0 Å². The third-order valence-corrected chi connectivity index (χ3v) is 6.25. The summed E-state index contributed by atoms with van der Waals surface area (Å²) >= 11 is 5.29. The molecule has 0 aromatic carbocycles. The first kappa shape index (κ1) is 14.5. The summed E-state index contributed by atoms with van der Waals surface area (Å²) in [4.78, 5) is 3.51. The monoisotopic (exact) mass is 331 g/mol. The minimum absolute atomic E-state index is 0.0261. The summed E-state index contributed by atoms with van der Waals surface area (Å²) in [6.07, 6.45) is 6.50. The van der Waals surface area contributed by atoms with E-state index in [1.165, 1.54) is 24.1 Å². The summed E-state index contributed by atoms with van der Waals surface area (Å²) in [6, 6.07) is 2.07. The number of hydrogen-bond acceptors (Lipinski definition) is 3. The van der Waals surface area contributed by atoms with Crippen LogP contribution in [-0.4, -0.2) is 35.7 Å². The van der Waals surface area contributed by atoms with Crippen LogP contribution in [0, 0.1) is 0 Å². The minimum Gasteiger partial charge on any atom is -0.391 e. The van der Waals surface area contributed by atoms with Gasteiger partial charge in [-0.2, -0.15) is 0 Å². The van der Waals surface area contributed by atoms with Crippen LogP contribution < -0.4 is 0 Å². The molecule has 0 radical (unpaired) electrons. The van der Waals surface area contributed by atoms with Crippen molar-refractivity contribution in [2.24, 2.45) is 0 Å². The van der Waals surface area contributed by atoms with E-state index in [1.807, 2.05) is 0 Å². The molecule has 4 heteroatoms. The average Bonchev–Trinajstić information content (AvgIpc) is 2.75. The SMILES string of the molecule is CN(C)C1(C(O)Cc2sccc2Br)CCCCC1. The Morgan fingerprint density at radius 1 is 1.39 bits per heavy atom. The van der Waals surface area contributed by atoms with Gasteiger partial charge in [-0.1, -0.05) is 19.3 Å². The molecule has 102 valence electrons. The van der Waals surface area contributed by atoms with E-state index in [2.05, 4.69) is 46.4 Å². The second-order valence-corrected chi connectivity index (χ2v) is 7.33. The Kier molecular flexibility index (Phi) is 4.86. The van der Waals surface area contributed by atoms with Crippen molar-refractivity contribution in [3.63, 3.8) is 0 Å². The topological polar surface area (TPSA) is 23.5 Å². The zero-order valence-electron chi connectivity index (χ0n) is 11.2. The highest BCUT2D eigenvalue weighted by Crippen LogP contribution is 2.37. The van der Waals surface area contributed by atoms with E-state index in [0.29, 0.717) is 0 Å². The first-order valence-corrected chi connectivity index (χ1v) is 8.31.